The quantitative estimate of drug-likeness (QED) is 0.673. The molecule has 3 heterocycles. The summed E-state index contributed by atoms with van der Waals surface area (Å²) < 4.78 is 7.29. The number of hydrogen-bond donors (Lipinski definition) is 2. The van der Waals surface area contributed by atoms with Crippen molar-refractivity contribution in [1.82, 2.24) is 25.5 Å². The molecule has 0 aromatic carbocycles. The molecule has 11 heteroatoms. The minimum Gasteiger partial charge on any atom is -0.444 e. The molecular formula is C19H28N6O5. The van der Waals surface area contributed by atoms with Crippen molar-refractivity contribution in [2.75, 3.05) is 11.4 Å². The second-order valence-corrected chi connectivity index (χ2v) is 8.69. The molecule has 0 saturated carbocycles. The lowest BCUT2D eigenvalue weighted by atomic mass is 10.1. The van der Waals surface area contributed by atoms with Gasteiger partial charge in [0.1, 0.15) is 5.60 Å². The molecule has 1 saturated heterocycles. The third-order valence-corrected chi connectivity index (χ3v) is 4.99. The lowest BCUT2D eigenvalue weighted by Crippen LogP contribution is -2.47. The molecule has 1 unspecified atom stereocenters. The Bertz CT molecular complexity index is 873. The minimum absolute atomic E-state index is 0.0300. The summed E-state index contributed by atoms with van der Waals surface area (Å²) in [6, 6.07) is -0.120. The zero-order valence-corrected chi connectivity index (χ0v) is 17.9. The van der Waals surface area contributed by atoms with Crippen molar-refractivity contribution in [2.45, 2.75) is 65.8 Å². The van der Waals surface area contributed by atoms with Crippen LogP contribution in [0, 0.1) is 5.92 Å². The highest BCUT2D eigenvalue weighted by molar-refractivity contribution is 6.00. The first-order valence-corrected chi connectivity index (χ1v) is 9.87. The molecule has 4 amide bonds. The number of hydrogen-bond acceptors (Lipinski definition) is 6. The summed E-state index contributed by atoms with van der Waals surface area (Å²) >= 11 is 0. The smallest absolute Gasteiger partial charge is 0.410 e. The molecule has 1 aromatic heterocycles. The van der Waals surface area contributed by atoms with Crippen LogP contribution in [0.25, 0.3) is 0 Å². The summed E-state index contributed by atoms with van der Waals surface area (Å²) in [4.78, 5) is 51.6. The number of ether oxygens (including phenoxy) is 1. The van der Waals surface area contributed by atoms with Gasteiger partial charge in [0.2, 0.25) is 17.7 Å². The van der Waals surface area contributed by atoms with E-state index in [-0.39, 0.29) is 31.5 Å². The second-order valence-electron chi connectivity index (χ2n) is 8.69. The Kier molecular flexibility index (Phi) is 5.73. The third kappa shape index (κ3) is 4.55. The average Bonchev–Trinajstić information content (AvgIpc) is 3.20. The van der Waals surface area contributed by atoms with Crippen LogP contribution in [0.15, 0.2) is 6.20 Å². The van der Waals surface area contributed by atoms with Crippen LogP contribution in [0.5, 0.6) is 0 Å². The monoisotopic (exact) mass is 420 g/mol. The molecule has 2 N–H and O–H groups in total. The molecule has 0 spiro atoms. The van der Waals surface area contributed by atoms with E-state index in [9.17, 15) is 19.2 Å². The van der Waals surface area contributed by atoms with Crippen LogP contribution < -0.4 is 15.8 Å². The predicted octanol–water partition coefficient (Wildman–Crippen LogP) is 0.543. The van der Waals surface area contributed by atoms with Gasteiger partial charge in [0, 0.05) is 19.9 Å². The second kappa shape index (κ2) is 7.96. The average molecular weight is 420 g/mol. The molecular weight excluding hydrogens is 392 g/mol. The lowest BCUT2D eigenvalue weighted by molar-refractivity contribution is -0.130. The number of amides is 4. The standard InChI is InChI=1S/C19H28N6O5/c1-11-8-25-15(10-23(11)18(29)30-19(3,4)5)14(7-20-25)24-9-13(6-16(24)27)17(28)22-21-12(2)26/h7,11,13H,6,8-10H2,1-5H3,(H,21,26)(H,22,28)/t11-,13?/m0/s1. The molecule has 164 valence electrons. The number of fused-ring (bicyclic) bond motifs is 1. The van der Waals surface area contributed by atoms with Crippen LogP contribution >= 0.6 is 0 Å². The molecule has 0 bridgehead atoms. The Morgan fingerprint density at radius 2 is 1.90 bits per heavy atom. The van der Waals surface area contributed by atoms with E-state index in [1.165, 1.54) is 11.8 Å². The van der Waals surface area contributed by atoms with E-state index in [2.05, 4.69) is 16.0 Å². The molecule has 0 radical (unpaired) electrons. The van der Waals surface area contributed by atoms with E-state index < -0.39 is 29.4 Å². The molecule has 1 fully saturated rings. The molecule has 11 nitrogen and oxygen atoms in total. The number of rotatable bonds is 2. The fourth-order valence-corrected chi connectivity index (χ4v) is 3.55. The first-order valence-electron chi connectivity index (χ1n) is 9.87. The van der Waals surface area contributed by atoms with E-state index in [0.29, 0.717) is 12.2 Å². The Labute approximate surface area is 174 Å². The van der Waals surface area contributed by atoms with Gasteiger partial charge in [0.15, 0.2) is 0 Å². The van der Waals surface area contributed by atoms with Crippen molar-refractivity contribution in [3.8, 4) is 0 Å². The Morgan fingerprint density at radius 3 is 2.53 bits per heavy atom. The third-order valence-electron chi connectivity index (χ3n) is 4.99. The largest absolute Gasteiger partial charge is 0.444 e. The van der Waals surface area contributed by atoms with Crippen LogP contribution in [0.1, 0.15) is 46.7 Å². The SMILES string of the molecule is CC(=O)NNC(=O)C1CC(=O)N(c2cnn3c2CN(C(=O)OC(C)(C)C)[C@@H](C)C3)C1. The molecule has 2 aliphatic heterocycles. The summed E-state index contributed by atoms with van der Waals surface area (Å²) in [5.41, 5.74) is 5.23. The normalized spacial score (nSPS) is 21.3. The van der Waals surface area contributed by atoms with E-state index in [0.717, 1.165) is 5.69 Å². The fraction of sp³-hybridized carbons (Fsp3) is 0.632. The number of carbonyl (C=O) groups is 4. The molecule has 3 rings (SSSR count). The maximum absolute atomic E-state index is 12.6. The highest BCUT2D eigenvalue weighted by Gasteiger charge is 2.39. The van der Waals surface area contributed by atoms with Gasteiger partial charge in [-0.25, -0.2) is 4.79 Å². The molecule has 2 aliphatic rings. The van der Waals surface area contributed by atoms with Gasteiger partial charge >= 0.3 is 6.09 Å². The van der Waals surface area contributed by atoms with E-state index >= 15 is 0 Å². The van der Waals surface area contributed by atoms with Crippen molar-refractivity contribution in [3.05, 3.63) is 11.9 Å². The summed E-state index contributed by atoms with van der Waals surface area (Å²) in [6.07, 6.45) is 1.20. The van der Waals surface area contributed by atoms with Gasteiger partial charge in [0.05, 0.1) is 42.6 Å². The highest BCUT2D eigenvalue weighted by atomic mass is 16.6. The van der Waals surface area contributed by atoms with Gasteiger partial charge in [-0.3, -0.25) is 34.8 Å². The van der Waals surface area contributed by atoms with E-state index in [1.54, 1.807) is 15.8 Å². The maximum Gasteiger partial charge on any atom is 0.410 e. The minimum atomic E-state index is -0.614. The van der Waals surface area contributed by atoms with Crippen LogP contribution in [0.2, 0.25) is 0 Å². The summed E-state index contributed by atoms with van der Waals surface area (Å²) in [5, 5.41) is 4.37. The number of carbonyl (C=O) groups excluding carboxylic acids is 4. The number of nitrogens with one attached hydrogen (secondary N) is 2. The van der Waals surface area contributed by atoms with Gasteiger partial charge in [-0.1, -0.05) is 0 Å². The van der Waals surface area contributed by atoms with Crippen molar-refractivity contribution < 1.29 is 23.9 Å². The van der Waals surface area contributed by atoms with E-state index in [4.69, 9.17) is 4.74 Å². The number of hydrazine groups is 1. The van der Waals surface area contributed by atoms with Crippen LogP contribution in [-0.4, -0.2) is 56.7 Å². The maximum atomic E-state index is 12.6. The summed E-state index contributed by atoms with van der Waals surface area (Å²) in [7, 11) is 0. The van der Waals surface area contributed by atoms with Gasteiger partial charge in [-0.05, 0) is 27.7 Å². The molecule has 30 heavy (non-hydrogen) atoms. The zero-order chi connectivity index (χ0) is 22.2. The van der Waals surface area contributed by atoms with Gasteiger partial charge in [0.25, 0.3) is 0 Å². The van der Waals surface area contributed by atoms with Gasteiger partial charge < -0.3 is 9.64 Å². The van der Waals surface area contributed by atoms with Crippen molar-refractivity contribution in [2.24, 2.45) is 5.92 Å². The first kappa shape index (κ1) is 21.6. The lowest BCUT2D eigenvalue weighted by Gasteiger charge is -2.36. The molecule has 2 atom stereocenters. The van der Waals surface area contributed by atoms with Gasteiger partial charge in [-0.2, -0.15) is 5.10 Å². The van der Waals surface area contributed by atoms with Crippen molar-refractivity contribution in [3.63, 3.8) is 0 Å². The van der Waals surface area contributed by atoms with E-state index in [1.807, 2.05) is 27.7 Å². The molecule has 0 aliphatic carbocycles. The van der Waals surface area contributed by atoms with Crippen LogP contribution in [0.4, 0.5) is 10.5 Å². The highest BCUT2D eigenvalue weighted by Crippen LogP contribution is 2.32. The fourth-order valence-electron chi connectivity index (χ4n) is 3.55. The van der Waals surface area contributed by atoms with Crippen molar-refractivity contribution in [1.29, 1.82) is 0 Å². The summed E-state index contributed by atoms with van der Waals surface area (Å²) in [5.74, 6) is -1.63. The van der Waals surface area contributed by atoms with Crippen LogP contribution in [-0.2, 0) is 32.2 Å². The zero-order valence-electron chi connectivity index (χ0n) is 17.9. The number of aromatic nitrogens is 2. The molecule has 1 aromatic rings. The Hall–Kier alpha value is -3.11. The Balaban J connectivity index is 1.76. The Morgan fingerprint density at radius 1 is 1.20 bits per heavy atom. The summed E-state index contributed by atoms with van der Waals surface area (Å²) in [6.45, 7) is 9.52. The first-order chi connectivity index (χ1) is 14.0. The van der Waals surface area contributed by atoms with Crippen molar-refractivity contribution >= 4 is 29.5 Å². The predicted molar refractivity (Wildman–Crippen MR) is 106 cm³/mol. The number of nitrogens with zero attached hydrogens (tertiary/aromatic N) is 4. The number of anilines is 1. The van der Waals surface area contributed by atoms with Gasteiger partial charge in [-0.15, -0.1) is 0 Å². The topological polar surface area (TPSA) is 126 Å². The van der Waals surface area contributed by atoms with Crippen LogP contribution in [0.3, 0.4) is 0 Å².